The topological polar surface area (TPSA) is 59.8 Å². The molecule has 5 heteroatoms. The quantitative estimate of drug-likeness (QED) is 0.722. The van der Waals surface area contributed by atoms with Crippen molar-refractivity contribution in [1.29, 1.82) is 0 Å². The van der Waals surface area contributed by atoms with Gasteiger partial charge in [-0.3, -0.25) is 4.79 Å². The van der Waals surface area contributed by atoms with Crippen LogP contribution >= 0.6 is 0 Å². The molecule has 0 aliphatic heterocycles. The van der Waals surface area contributed by atoms with Crippen molar-refractivity contribution in [2.75, 3.05) is 5.32 Å². The van der Waals surface area contributed by atoms with Gasteiger partial charge in [-0.25, -0.2) is 9.67 Å². The van der Waals surface area contributed by atoms with E-state index in [0.717, 1.165) is 48.4 Å². The van der Waals surface area contributed by atoms with E-state index < -0.39 is 0 Å². The fourth-order valence-electron chi connectivity index (χ4n) is 3.09. The molecule has 1 amide bonds. The van der Waals surface area contributed by atoms with Crippen LogP contribution in [0.1, 0.15) is 54.1 Å². The molecule has 1 fully saturated rings. The van der Waals surface area contributed by atoms with Gasteiger partial charge in [-0.05, 0) is 43.0 Å². The summed E-state index contributed by atoms with van der Waals surface area (Å²) in [5.74, 6) is 1.24. The summed E-state index contributed by atoms with van der Waals surface area (Å²) in [6.07, 6.45) is 4.16. The number of aryl methyl sites for hydroxylation is 1. The predicted molar refractivity (Wildman–Crippen MR) is 102 cm³/mol. The SMILES string of the molecule is CCCc1ccccc1NC(=O)c1nc(C2CC2)n(-c2ccccc2)n1. The second kappa shape index (κ2) is 7.12. The number of aromatic nitrogens is 3. The number of rotatable bonds is 6. The molecular formula is C21H22N4O. The summed E-state index contributed by atoms with van der Waals surface area (Å²) in [7, 11) is 0. The molecule has 0 saturated heterocycles. The third-order valence-corrected chi connectivity index (χ3v) is 4.56. The van der Waals surface area contributed by atoms with E-state index in [-0.39, 0.29) is 11.7 Å². The Hall–Kier alpha value is -2.95. The van der Waals surface area contributed by atoms with Gasteiger partial charge in [0, 0.05) is 11.6 Å². The summed E-state index contributed by atoms with van der Waals surface area (Å²) in [6, 6.07) is 17.8. The number of nitrogens with one attached hydrogen (secondary N) is 1. The lowest BCUT2D eigenvalue weighted by molar-refractivity contribution is 0.101. The van der Waals surface area contributed by atoms with E-state index in [1.54, 1.807) is 0 Å². The first kappa shape index (κ1) is 16.5. The van der Waals surface area contributed by atoms with Crippen molar-refractivity contribution in [2.45, 2.75) is 38.5 Å². The average Bonchev–Trinajstić information content (AvgIpc) is 3.42. The Morgan fingerprint density at radius 1 is 1.12 bits per heavy atom. The number of nitrogens with zero attached hydrogens (tertiary/aromatic N) is 3. The molecule has 1 saturated carbocycles. The number of carbonyl (C=O) groups excluding carboxylic acids is 1. The van der Waals surface area contributed by atoms with Gasteiger partial charge in [-0.15, -0.1) is 5.10 Å². The Kier molecular flexibility index (Phi) is 4.52. The van der Waals surface area contributed by atoms with Gasteiger partial charge < -0.3 is 5.32 Å². The first-order chi connectivity index (χ1) is 12.8. The monoisotopic (exact) mass is 346 g/mol. The molecule has 1 aliphatic carbocycles. The molecule has 2 aromatic carbocycles. The molecule has 0 atom stereocenters. The fourth-order valence-corrected chi connectivity index (χ4v) is 3.09. The first-order valence-electron chi connectivity index (χ1n) is 9.18. The molecule has 1 aromatic heterocycles. The lowest BCUT2D eigenvalue weighted by atomic mass is 10.1. The molecule has 132 valence electrons. The van der Waals surface area contributed by atoms with Crippen LogP contribution in [0.3, 0.4) is 0 Å². The number of carbonyl (C=O) groups is 1. The van der Waals surface area contributed by atoms with Crippen molar-refractivity contribution < 1.29 is 4.79 Å². The van der Waals surface area contributed by atoms with Gasteiger partial charge in [-0.2, -0.15) is 0 Å². The fraction of sp³-hybridized carbons (Fsp3) is 0.286. The van der Waals surface area contributed by atoms with E-state index in [4.69, 9.17) is 0 Å². The molecule has 0 radical (unpaired) electrons. The lowest BCUT2D eigenvalue weighted by Gasteiger charge is -2.08. The average molecular weight is 346 g/mol. The van der Waals surface area contributed by atoms with E-state index in [0.29, 0.717) is 5.92 Å². The van der Waals surface area contributed by atoms with Crippen LogP contribution in [0.4, 0.5) is 5.69 Å². The van der Waals surface area contributed by atoms with Crippen LogP contribution in [0.5, 0.6) is 0 Å². The van der Waals surface area contributed by atoms with Crippen LogP contribution in [0.15, 0.2) is 54.6 Å². The highest BCUT2D eigenvalue weighted by atomic mass is 16.2. The third-order valence-electron chi connectivity index (χ3n) is 4.56. The van der Waals surface area contributed by atoms with Crippen LogP contribution in [-0.2, 0) is 6.42 Å². The van der Waals surface area contributed by atoms with Gasteiger partial charge in [0.2, 0.25) is 5.82 Å². The number of hydrogen-bond acceptors (Lipinski definition) is 3. The largest absolute Gasteiger partial charge is 0.319 e. The van der Waals surface area contributed by atoms with Crippen molar-refractivity contribution in [3.8, 4) is 5.69 Å². The Labute approximate surface area is 153 Å². The Morgan fingerprint density at radius 3 is 2.58 bits per heavy atom. The van der Waals surface area contributed by atoms with E-state index in [2.05, 4.69) is 22.3 Å². The number of benzene rings is 2. The van der Waals surface area contributed by atoms with Crippen LogP contribution in [-0.4, -0.2) is 20.7 Å². The maximum atomic E-state index is 12.8. The highest BCUT2D eigenvalue weighted by molar-refractivity contribution is 6.02. The van der Waals surface area contributed by atoms with Crippen LogP contribution in [0.2, 0.25) is 0 Å². The van der Waals surface area contributed by atoms with E-state index >= 15 is 0 Å². The molecular weight excluding hydrogens is 324 g/mol. The highest BCUT2D eigenvalue weighted by Crippen LogP contribution is 2.39. The second-order valence-corrected chi connectivity index (χ2v) is 6.68. The van der Waals surface area contributed by atoms with Gasteiger partial charge in [0.25, 0.3) is 5.91 Å². The van der Waals surface area contributed by atoms with Crippen molar-refractivity contribution in [1.82, 2.24) is 14.8 Å². The number of para-hydroxylation sites is 2. The Balaban J connectivity index is 1.63. The van der Waals surface area contributed by atoms with Crippen LogP contribution in [0, 0.1) is 0 Å². The standard InChI is InChI=1S/C21H22N4O/c1-2-8-15-9-6-7-12-18(15)22-21(26)19-23-20(16-13-14-16)25(24-19)17-10-4-3-5-11-17/h3-7,9-12,16H,2,8,13-14H2,1H3,(H,22,26). The molecule has 1 heterocycles. The van der Waals surface area contributed by atoms with Gasteiger partial charge >= 0.3 is 0 Å². The second-order valence-electron chi connectivity index (χ2n) is 6.68. The Morgan fingerprint density at radius 2 is 1.85 bits per heavy atom. The van der Waals surface area contributed by atoms with Crippen LogP contribution < -0.4 is 5.32 Å². The van der Waals surface area contributed by atoms with Crippen molar-refractivity contribution in [3.63, 3.8) is 0 Å². The minimum atomic E-state index is -0.259. The molecule has 4 rings (SSSR count). The molecule has 26 heavy (non-hydrogen) atoms. The molecule has 5 nitrogen and oxygen atoms in total. The van der Waals surface area contributed by atoms with E-state index in [1.807, 2.05) is 59.3 Å². The summed E-state index contributed by atoms with van der Waals surface area (Å²) in [6.45, 7) is 2.13. The summed E-state index contributed by atoms with van der Waals surface area (Å²) < 4.78 is 1.81. The molecule has 0 unspecified atom stereocenters. The zero-order valence-corrected chi connectivity index (χ0v) is 14.9. The van der Waals surface area contributed by atoms with Crippen molar-refractivity contribution in [2.24, 2.45) is 0 Å². The van der Waals surface area contributed by atoms with E-state index in [1.165, 1.54) is 0 Å². The number of hydrogen-bond donors (Lipinski definition) is 1. The molecule has 1 N–H and O–H groups in total. The van der Waals surface area contributed by atoms with Gasteiger partial charge in [0.1, 0.15) is 5.82 Å². The summed E-state index contributed by atoms with van der Waals surface area (Å²) in [4.78, 5) is 17.3. The van der Waals surface area contributed by atoms with Gasteiger partial charge in [0.15, 0.2) is 0 Å². The van der Waals surface area contributed by atoms with Gasteiger partial charge in [0.05, 0.1) is 5.69 Å². The zero-order chi connectivity index (χ0) is 17.9. The summed E-state index contributed by atoms with van der Waals surface area (Å²) >= 11 is 0. The van der Waals surface area contributed by atoms with Crippen LogP contribution in [0.25, 0.3) is 5.69 Å². The smallest absolute Gasteiger partial charge is 0.295 e. The normalized spacial score (nSPS) is 13.6. The van der Waals surface area contributed by atoms with Gasteiger partial charge in [-0.1, -0.05) is 49.7 Å². The van der Waals surface area contributed by atoms with E-state index in [9.17, 15) is 4.79 Å². The minimum absolute atomic E-state index is 0.224. The Bertz CT molecular complexity index is 913. The lowest BCUT2D eigenvalue weighted by Crippen LogP contribution is -2.15. The predicted octanol–water partition coefficient (Wildman–Crippen LogP) is 4.35. The summed E-state index contributed by atoms with van der Waals surface area (Å²) in [5, 5.41) is 7.49. The number of amides is 1. The van der Waals surface area contributed by atoms with Crippen molar-refractivity contribution >= 4 is 11.6 Å². The molecule has 1 aliphatic rings. The van der Waals surface area contributed by atoms with Crippen molar-refractivity contribution in [3.05, 3.63) is 71.8 Å². The minimum Gasteiger partial charge on any atom is -0.319 e. The first-order valence-corrected chi connectivity index (χ1v) is 9.18. The third kappa shape index (κ3) is 3.38. The summed E-state index contributed by atoms with van der Waals surface area (Å²) in [5.41, 5.74) is 2.91. The number of anilines is 1. The maximum absolute atomic E-state index is 12.8. The zero-order valence-electron chi connectivity index (χ0n) is 14.9. The maximum Gasteiger partial charge on any atom is 0.295 e. The molecule has 0 bridgehead atoms. The molecule has 3 aromatic rings. The molecule has 0 spiro atoms. The highest BCUT2D eigenvalue weighted by Gasteiger charge is 2.31.